The van der Waals surface area contributed by atoms with Crippen LogP contribution in [0.25, 0.3) is 0 Å². The van der Waals surface area contributed by atoms with E-state index in [1.54, 1.807) is 6.07 Å². The third-order valence-electron chi connectivity index (χ3n) is 3.25. The van der Waals surface area contributed by atoms with Crippen LogP contribution in [0.4, 0.5) is 0 Å². The van der Waals surface area contributed by atoms with Gasteiger partial charge in [0.1, 0.15) is 11.4 Å². The van der Waals surface area contributed by atoms with E-state index < -0.39 is 11.6 Å². The molecule has 1 aliphatic rings. The van der Waals surface area contributed by atoms with Crippen molar-refractivity contribution in [3.05, 3.63) is 27.2 Å². The minimum Gasteiger partial charge on any atom is -0.485 e. The molecule has 98 valence electrons. The van der Waals surface area contributed by atoms with Gasteiger partial charge in [0.25, 0.3) is 0 Å². The van der Waals surface area contributed by atoms with Gasteiger partial charge in [-0.15, -0.1) is 0 Å². The summed E-state index contributed by atoms with van der Waals surface area (Å²) in [4.78, 5) is 10.9. The fraction of sp³-hybridized carbons (Fsp3) is 0.462. The molecule has 0 atom stereocenters. The highest BCUT2D eigenvalue weighted by Crippen LogP contribution is 2.43. The highest BCUT2D eigenvalue weighted by atomic mass is 79.9. The summed E-state index contributed by atoms with van der Waals surface area (Å²) in [5, 5.41) is 9.47. The molecule has 3 nitrogen and oxygen atoms in total. The summed E-state index contributed by atoms with van der Waals surface area (Å²) in [6.45, 7) is 1.90. The van der Waals surface area contributed by atoms with E-state index in [1.165, 1.54) is 0 Å². The van der Waals surface area contributed by atoms with Gasteiger partial charge in [0.2, 0.25) is 0 Å². The second-order valence-corrected chi connectivity index (χ2v) is 6.07. The Hall–Kier alpha value is -0.740. The van der Waals surface area contributed by atoms with Crippen LogP contribution >= 0.6 is 27.5 Å². The molecule has 0 radical (unpaired) electrons. The normalized spacial score (nSPS) is 17.1. The van der Waals surface area contributed by atoms with Crippen molar-refractivity contribution in [2.45, 2.75) is 38.2 Å². The fourth-order valence-corrected chi connectivity index (χ4v) is 3.21. The number of carbonyl (C=O) groups is 1. The molecule has 1 N–H and O–H groups in total. The number of aliphatic carboxylic acids is 1. The van der Waals surface area contributed by atoms with E-state index in [-0.39, 0.29) is 6.42 Å². The maximum absolute atomic E-state index is 10.9. The summed E-state index contributed by atoms with van der Waals surface area (Å²) in [6.07, 6.45) is 2.57. The SMILES string of the molecule is Cc1cc(Br)cc(Cl)c1OC1(CC(=O)O)CCC1. The Balaban J connectivity index is 2.25. The number of rotatable bonds is 4. The van der Waals surface area contributed by atoms with E-state index in [1.807, 2.05) is 13.0 Å². The van der Waals surface area contributed by atoms with E-state index in [0.29, 0.717) is 10.8 Å². The number of carboxylic acids is 1. The van der Waals surface area contributed by atoms with Gasteiger partial charge < -0.3 is 9.84 Å². The molecule has 0 heterocycles. The predicted molar refractivity (Wildman–Crippen MR) is 73.4 cm³/mol. The van der Waals surface area contributed by atoms with E-state index in [2.05, 4.69) is 15.9 Å². The zero-order valence-corrected chi connectivity index (χ0v) is 12.3. The molecule has 0 aliphatic heterocycles. The number of hydrogen-bond donors (Lipinski definition) is 1. The van der Waals surface area contributed by atoms with Crippen LogP contribution in [0.1, 0.15) is 31.2 Å². The van der Waals surface area contributed by atoms with Crippen molar-refractivity contribution >= 4 is 33.5 Å². The van der Waals surface area contributed by atoms with Gasteiger partial charge in [0.15, 0.2) is 0 Å². The third kappa shape index (κ3) is 2.81. The lowest BCUT2D eigenvalue weighted by molar-refractivity contribution is -0.144. The van der Waals surface area contributed by atoms with Crippen molar-refractivity contribution in [2.75, 3.05) is 0 Å². The van der Waals surface area contributed by atoms with Crippen molar-refractivity contribution in [3.8, 4) is 5.75 Å². The molecule has 0 spiro atoms. The first kappa shape index (κ1) is 13.7. The summed E-state index contributed by atoms with van der Waals surface area (Å²) in [6, 6.07) is 3.67. The number of carboxylic acid groups (broad SMARTS) is 1. The van der Waals surface area contributed by atoms with Crippen molar-refractivity contribution in [3.63, 3.8) is 0 Å². The van der Waals surface area contributed by atoms with Gasteiger partial charge in [0.05, 0.1) is 11.4 Å². The molecule has 1 aromatic carbocycles. The van der Waals surface area contributed by atoms with Gasteiger partial charge in [-0.05, 0) is 43.9 Å². The number of ether oxygens (including phenoxy) is 1. The van der Waals surface area contributed by atoms with Crippen molar-refractivity contribution in [2.24, 2.45) is 0 Å². The zero-order chi connectivity index (χ0) is 13.3. The summed E-state index contributed by atoms with van der Waals surface area (Å²) < 4.78 is 6.82. The molecule has 1 aromatic rings. The van der Waals surface area contributed by atoms with Crippen LogP contribution in [0.5, 0.6) is 5.75 Å². The quantitative estimate of drug-likeness (QED) is 0.899. The first-order chi connectivity index (χ1) is 8.42. The molecule has 0 saturated heterocycles. The molecule has 1 aliphatic carbocycles. The van der Waals surface area contributed by atoms with Gasteiger partial charge >= 0.3 is 5.97 Å². The van der Waals surface area contributed by atoms with Crippen LogP contribution in [-0.2, 0) is 4.79 Å². The summed E-state index contributed by atoms with van der Waals surface area (Å²) >= 11 is 9.52. The predicted octanol–water partition coefficient (Wildman–Crippen LogP) is 4.19. The first-order valence-electron chi connectivity index (χ1n) is 5.78. The Morgan fingerprint density at radius 3 is 2.67 bits per heavy atom. The standard InChI is InChI=1S/C13H14BrClO3/c1-8-5-9(14)6-10(15)12(8)18-13(3-2-4-13)7-11(16)17/h5-6H,2-4,7H2,1H3,(H,16,17). The average molecular weight is 334 g/mol. The Morgan fingerprint density at radius 2 is 2.22 bits per heavy atom. The third-order valence-corrected chi connectivity index (χ3v) is 3.99. The van der Waals surface area contributed by atoms with Crippen LogP contribution in [0.3, 0.4) is 0 Å². The molecule has 0 bridgehead atoms. The molecule has 2 rings (SSSR count). The van der Waals surface area contributed by atoms with E-state index in [9.17, 15) is 4.79 Å². The maximum atomic E-state index is 10.9. The van der Waals surface area contributed by atoms with Crippen LogP contribution < -0.4 is 4.74 Å². The number of hydrogen-bond acceptors (Lipinski definition) is 2. The zero-order valence-electron chi connectivity index (χ0n) is 10.0. The lowest BCUT2D eigenvalue weighted by atomic mass is 9.77. The second kappa shape index (κ2) is 5.10. The van der Waals surface area contributed by atoms with Crippen LogP contribution in [0.15, 0.2) is 16.6 Å². The molecular weight excluding hydrogens is 319 g/mol. The molecule has 1 saturated carbocycles. The van der Waals surface area contributed by atoms with Crippen molar-refractivity contribution < 1.29 is 14.6 Å². The topological polar surface area (TPSA) is 46.5 Å². The number of aryl methyl sites for hydroxylation is 1. The summed E-state index contributed by atoms with van der Waals surface area (Å²) in [5.74, 6) is -0.235. The fourth-order valence-electron chi connectivity index (χ4n) is 2.20. The Kier molecular flexibility index (Phi) is 3.87. The van der Waals surface area contributed by atoms with Gasteiger partial charge in [0, 0.05) is 4.47 Å². The van der Waals surface area contributed by atoms with Gasteiger partial charge in [-0.2, -0.15) is 0 Å². The lowest BCUT2D eigenvalue weighted by Crippen LogP contribution is -2.45. The van der Waals surface area contributed by atoms with E-state index >= 15 is 0 Å². The minimum atomic E-state index is -0.833. The highest BCUT2D eigenvalue weighted by Gasteiger charge is 2.42. The molecule has 0 aromatic heterocycles. The Morgan fingerprint density at radius 1 is 1.56 bits per heavy atom. The average Bonchev–Trinajstić information content (AvgIpc) is 2.18. The molecule has 0 amide bonds. The largest absolute Gasteiger partial charge is 0.485 e. The molecule has 1 fully saturated rings. The second-order valence-electron chi connectivity index (χ2n) is 4.74. The van der Waals surface area contributed by atoms with Crippen LogP contribution in [0.2, 0.25) is 5.02 Å². The van der Waals surface area contributed by atoms with Gasteiger partial charge in [-0.25, -0.2) is 0 Å². The Bertz CT molecular complexity index is 460. The molecule has 18 heavy (non-hydrogen) atoms. The van der Waals surface area contributed by atoms with Crippen LogP contribution in [0, 0.1) is 6.92 Å². The van der Waals surface area contributed by atoms with Crippen molar-refractivity contribution in [1.29, 1.82) is 0 Å². The smallest absolute Gasteiger partial charge is 0.307 e. The summed E-state index contributed by atoms with van der Waals surface area (Å²) in [5.41, 5.74) is 0.333. The summed E-state index contributed by atoms with van der Waals surface area (Å²) in [7, 11) is 0. The molecule has 5 heteroatoms. The maximum Gasteiger partial charge on any atom is 0.307 e. The van der Waals surface area contributed by atoms with Gasteiger partial charge in [-0.1, -0.05) is 27.5 Å². The van der Waals surface area contributed by atoms with Crippen LogP contribution in [-0.4, -0.2) is 16.7 Å². The number of benzene rings is 1. The van der Waals surface area contributed by atoms with E-state index in [0.717, 1.165) is 29.3 Å². The molecule has 0 unspecified atom stereocenters. The molecular formula is C13H14BrClO3. The lowest BCUT2D eigenvalue weighted by Gasteiger charge is -2.41. The van der Waals surface area contributed by atoms with E-state index in [4.69, 9.17) is 21.4 Å². The van der Waals surface area contributed by atoms with Crippen molar-refractivity contribution in [1.82, 2.24) is 0 Å². The number of halogens is 2. The highest BCUT2D eigenvalue weighted by molar-refractivity contribution is 9.10. The monoisotopic (exact) mass is 332 g/mol. The van der Waals surface area contributed by atoms with Gasteiger partial charge in [-0.3, -0.25) is 4.79 Å². The minimum absolute atomic E-state index is 0.0266. The first-order valence-corrected chi connectivity index (χ1v) is 6.95. The Labute approximate surface area is 119 Å².